The fourth-order valence-electron chi connectivity index (χ4n) is 2.66. The molecule has 2 heterocycles. The summed E-state index contributed by atoms with van der Waals surface area (Å²) in [6.45, 7) is 9.00. The number of hydrogen-bond donors (Lipinski definition) is 0. The minimum Gasteiger partial charge on any atom is -0.461 e. The molecule has 0 aromatic heterocycles. The average Bonchev–Trinajstić information content (AvgIpc) is 2.47. The van der Waals surface area contributed by atoms with Gasteiger partial charge in [0.1, 0.15) is 17.9 Å². The third kappa shape index (κ3) is 3.26. The molecule has 1 amide bonds. The third-order valence-corrected chi connectivity index (χ3v) is 5.81. The zero-order valence-electron chi connectivity index (χ0n) is 15.2. The highest BCUT2D eigenvalue weighted by Crippen LogP contribution is 2.43. The van der Waals surface area contributed by atoms with Crippen LogP contribution in [0.15, 0.2) is 22.8 Å². The molecule has 0 radical (unpaired) electrons. The molecule has 0 aromatic carbocycles. The van der Waals surface area contributed by atoms with Gasteiger partial charge in [0.2, 0.25) is 9.84 Å². The minimum absolute atomic E-state index is 0.186. The van der Waals surface area contributed by atoms with E-state index in [0.29, 0.717) is 0 Å². The fraction of sp³-hybridized carbons (Fsp3) is 0.562. The van der Waals surface area contributed by atoms with E-state index in [0.717, 1.165) is 11.8 Å². The zero-order valence-corrected chi connectivity index (χ0v) is 16.0. The van der Waals surface area contributed by atoms with E-state index >= 15 is 0 Å². The van der Waals surface area contributed by atoms with Crippen LogP contribution in [0, 0.1) is 0 Å². The van der Waals surface area contributed by atoms with E-state index in [2.05, 4.69) is 6.58 Å². The Morgan fingerprint density at radius 1 is 1.27 bits per heavy atom. The molecular formula is C16H21NO8S. The van der Waals surface area contributed by atoms with Crippen LogP contribution in [0.1, 0.15) is 27.7 Å². The van der Waals surface area contributed by atoms with Crippen molar-refractivity contribution in [2.45, 2.75) is 44.8 Å². The van der Waals surface area contributed by atoms with Crippen molar-refractivity contribution in [3.8, 4) is 0 Å². The molecule has 0 N–H and O–H groups in total. The summed E-state index contributed by atoms with van der Waals surface area (Å²) >= 11 is 0. The number of β-lactam (4-membered cyclic amide) rings is 1. The Morgan fingerprint density at radius 2 is 1.85 bits per heavy atom. The third-order valence-electron chi connectivity index (χ3n) is 3.78. The highest BCUT2D eigenvalue weighted by molar-refractivity contribution is 7.96. The molecule has 2 aliphatic heterocycles. The smallest absolute Gasteiger partial charge is 0.356 e. The van der Waals surface area contributed by atoms with Crippen LogP contribution < -0.4 is 0 Å². The second-order valence-corrected chi connectivity index (χ2v) is 8.90. The van der Waals surface area contributed by atoms with Crippen molar-refractivity contribution >= 4 is 27.7 Å². The number of esters is 2. The molecule has 0 saturated carbocycles. The van der Waals surface area contributed by atoms with Gasteiger partial charge in [-0.3, -0.25) is 14.5 Å². The lowest BCUT2D eigenvalue weighted by Crippen LogP contribution is -2.70. The summed E-state index contributed by atoms with van der Waals surface area (Å²) in [6, 6.07) is 0. The maximum Gasteiger partial charge on any atom is 0.356 e. The van der Waals surface area contributed by atoms with Gasteiger partial charge < -0.3 is 14.2 Å². The van der Waals surface area contributed by atoms with E-state index in [1.165, 1.54) is 7.11 Å². The summed E-state index contributed by atoms with van der Waals surface area (Å²) in [7, 11) is -2.88. The van der Waals surface area contributed by atoms with Crippen LogP contribution in [-0.2, 0) is 38.4 Å². The Morgan fingerprint density at radius 3 is 2.31 bits per heavy atom. The van der Waals surface area contributed by atoms with Gasteiger partial charge in [-0.1, -0.05) is 6.58 Å². The molecule has 10 heteroatoms. The van der Waals surface area contributed by atoms with Gasteiger partial charge in [-0.15, -0.1) is 0 Å². The van der Waals surface area contributed by atoms with E-state index in [9.17, 15) is 22.8 Å². The highest BCUT2D eigenvalue weighted by atomic mass is 32.2. The predicted octanol–water partition coefficient (Wildman–Crippen LogP) is 0.271. The van der Waals surface area contributed by atoms with E-state index in [1.807, 2.05) is 0 Å². The van der Waals surface area contributed by atoms with Crippen molar-refractivity contribution < 1.29 is 37.0 Å². The normalized spacial score (nSPS) is 24.7. The minimum atomic E-state index is -4.08. The highest BCUT2D eigenvalue weighted by Gasteiger charge is 2.62. The van der Waals surface area contributed by atoms with Gasteiger partial charge in [0.05, 0.1) is 4.91 Å². The summed E-state index contributed by atoms with van der Waals surface area (Å²) in [5.74, 6) is -2.29. The Hall–Kier alpha value is -2.20. The van der Waals surface area contributed by atoms with Gasteiger partial charge in [0.25, 0.3) is 5.91 Å². The number of nitrogens with zero attached hydrogens (tertiary/aromatic N) is 1. The molecule has 2 rings (SSSR count). The van der Waals surface area contributed by atoms with E-state index < -0.39 is 56.3 Å². The first-order chi connectivity index (χ1) is 11.8. The lowest BCUT2D eigenvalue weighted by Gasteiger charge is -2.48. The van der Waals surface area contributed by atoms with Crippen LogP contribution in [0.4, 0.5) is 0 Å². The van der Waals surface area contributed by atoms with Crippen molar-refractivity contribution in [1.29, 1.82) is 0 Å². The summed E-state index contributed by atoms with van der Waals surface area (Å²) in [5, 5.41) is -1.41. The fourth-order valence-corrected chi connectivity index (χ4v) is 4.49. The van der Waals surface area contributed by atoms with E-state index in [-0.39, 0.29) is 11.3 Å². The maximum atomic E-state index is 12.7. The largest absolute Gasteiger partial charge is 0.461 e. The Kier molecular flexibility index (Phi) is 5.04. The Bertz CT molecular complexity index is 818. The SMILES string of the molecule is C=C1C(COC(C)=O)=C(C(=O)OC(C)(C)C)N2C(=O)[C@H](OC)C2S1(=O)=O. The van der Waals surface area contributed by atoms with Gasteiger partial charge in [-0.05, 0) is 20.8 Å². The summed E-state index contributed by atoms with van der Waals surface area (Å²) in [6.07, 6.45) is -1.25. The number of rotatable bonds is 4. The molecule has 2 atom stereocenters. The molecule has 2 aliphatic rings. The van der Waals surface area contributed by atoms with Gasteiger partial charge in [0.15, 0.2) is 11.5 Å². The average molecular weight is 387 g/mol. The molecule has 0 aliphatic carbocycles. The van der Waals surface area contributed by atoms with Gasteiger partial charge in [-0.2, -0.15) is 0 Å². The summed E-state index contributed by atoms with van der Waals surface area (Å²) in [4.78, 5) is 36.6. The van der Waals surface area contributed by atoms with Gasteiger partial charge in [0, 0.05) is 19.6 Å². The molecule has 1 fully saturated rings. The van der Waals surface area contributed by atoms with Crippen molar-refractivity contribution in [2.24, 2.45) is 0 Å². The molecule has 144 valence electrons. The zero-order chi connectivity index (χ0) is 20.0. The summed E-state index contributed by atoms with van der Waals surface area (Å²) < 4.78 is 40.5. The second-order valence-electron chi connectivity index (χ2n) is 6.83. The molecule has 26 heavy (non-hydrogen) atoms. The van der Waals surface area contributed by atoms with Gasteiger partial charge in [-0.25, -0.2) is 13.2 Å². The van der Waals surface area contributed by atoms with Crippen LogP contribution in [0.25, 0.3) is 0 Å². The van der Waals surface area contributed by atoms with Crippen molar-refractivity contribution in [3.05, 3.63) is 22.8 Å². The molecule has 9 nitrogen and oxygen atoms in total. The van der Waals surface area contributed by atoms with E-state index in [1.54, 1.807) is 20.8 Å². The lowest BCUT2D eigenvalue weighted by molar-refractivity contribution is -0.167. The molecule has 1 saturated heterocycles. The van der Waals surface area contributed by atoms with E-state index in [4.69, 9.17) is 14.2 Å². The number of hydrogen-bond acceptors (Lipinski definition) is 8. The number of ether oxygens (including phenoxy) is 3. The van der Waals surface area contributed by atoms with Crippen LogP contribution in [0.3, 0.4) is 0 Å². The van der Waals surface area contributed by atoms with Crippen LogP contribution >= 0.6 is 0 Å². The Labute approximate surface area is 151 Å². The monoisotopic (exact) mass is 387 g/mol. The second kappa shape index (κ2) is 6.51. The molecule has 0 aromatic rings. The quantitative estimate of drug-likeness (QED) is 0.498. The molecule has 1 unspecified atom stereocenters. The number of carbonyl (C=O) groups is 3. The van der Waals surface area contributed by atoms with Crippen LogP contribution in [-0.4, -0.2) is 62.0 Å². The van der Waals surface area contributed by atoms with Crippen molar-refractivity contribution in [3.63, 3.8) is 0 Å². The first-order valence-electron chi connectivity index (χ1n) is 7.72. The van der Waals surface area contributed by atoms with Crippen LogP contribution in [0.5, 0.6) is 0 Å². The van der Waals surface area contributed by atoms with Gasteiger partial charge >= 0.3 is 11.9 Å². The first kappa shape index (κ1) is 20.1. The topological polar surface area (TPSA) is 116 Å². The molecule has 0 bridgehead atoms. The number of methoxy groups -OCH3 is 1. The number of fused-ring (bicyclic) bond motifs is 1. The van der Waals surface area contributed by atoms with Crippen LogP contribution in [0.2, 0.25) is 0 Å². The summed E-state index contributed by atoms with van der Waals surface area (Å²) in [5.41, 5.74) is -1.38. The maximum absolute atomic E-state index is 12.7. The Balaban J connectivity index is 2.61. The lowest BCUT2D eigenvalue weighted by atomic mass is 10.0. The predicted molar refractivity (Wildman–Crippen MR) is 89.0 cm³/mol. The first-order valence-corrected chi connectivity index (χ1v) is 9.26. The number of carbonyl (C=O) groups excluding carboxylic acids is 3. The standard InChI is InChI=1S/C16H21NO8S/c1-8-10(7-24-9(2)18)11(15(20)25-16(3,4)5)17-13(19)12(23-6)14(17)26(8,21)22/h12,14H,1,7H2,2-6H3/t12-,14?/m0/s1. The molecular weight excluding hydrogens is 366 g/mol. The number of sulfone groups is 1. The number of amides is 1. The van der Waals surface area contributed by atoms with Crippen molar-refractivity contribution in [1.82, 2.24) is 4.90 Å². The van der Waals surface area contributed by atoms with Crippen molar-refractivity contribution in [2.75, 3.05) is 13.7 Å². The molecule has 0 spiro atoms.